The largest absolute Gasteiger partial charge is 0.497 e. The number of urea groups is 1. The van der Waals surface area contributed by atoms with E-state index >= 15 is 0 Å². The lowest BCUT2D eigenvalue weighted by Crippen LogP contribution is -2.42. The molecule has 0 radical (unpaired) electrons. The maximum atomic E-state index is 13.0. The number of rotatable bonds is 8. The molecule has 4 amide bonds. The Morgan fingerprint density at radius 3 is 2.72 bits per heavy atom. The molecule has 1 atom stereocenters. The van der Waals surface area contributed by atoms with Gasteiger partial charge >= 0.3 is 6.03 Å². The number of amides is 4. The number of ether oxygens (including phenoxy) is 1. The fourth-order valence-electron chi connectivity index (χ4n) is 3.11. The molecular formula is C20H19N5O4S3. The van der Waals surface area contributed by atoms with Crippen LogP contribution in [0.1, 0.15) is 17.4 Å². The molecule has 1 unspecified atom stereocenters. The quantitative estimate of drug-likeness (QED) is 0.283. The van der Waals surface area contributed by atoms with E-state index in [-0.39, 0.29) is 0 Å². The number of imide groups is 1. The summed E-state index contributed by atoms with van der Waals surface area (Å²) < 4.78 is 5.85. The van der Waals surface area contributed by atoms with Crippen molar-refractivity contribution in [1.82, 2.24) is 20.4 Å². The second-order valence-electron chi connectivity index (χ2n) is 6.96. The molecule has 1 aromatic carbocycles. The molecule has 3 heterocycles. The molecule has 32 heavy (non-hydrogen) atoms. The monoisotopic (exact) mass is 489 g/mol. The summed E-state index contributed by atoms with van der Waals surface area (Å²) in [5.74, 6) is 0.369. The number of anilines is 1. The molecule has 2 aromatic heterocycles. The maximum Gasteiger partial charge on any atom is 0.325 e. The zero-order valence-electron chi connectivity index (χ0n) is 17.2. The summed E-state index contributed by atoms with van der Waals surface area (Å²) in [6.07, 6.45) is 0. The predicted octanol–water partition coefficient (Wildman–Crippen LogP) is 3.31. The number of hydrogen-bond donors (Lipinski definition) is 2. The number of thiophene rings is 1. The van der Waals surface area contributed by atoms with E-state index < -0.39 is 29.9 Å². The van der Waals surface area contributed by atoms with Crippen molar-refractivity contribution >= 4 is 57.4 Å². The van der Waals surface area contributed by atoms with Gasteiger partial charge in [-0.15, -0.1) is 21.5 Å². The van der Waals surface area contributed by atoms with E-state index in [2.05, 4.69) is 20.8 Å². The van der Waals surface area contributed by atoms with Crippen molar-refractivity contribution in [1.29, 1.82) is 0 Å². The lowest BCUT2D eigenvalue weighted by molar-refractivity contribution is -0.133. The van der Waals surface area contributed by atoms with E-state index in [1.807, 2.05) is 17.5 Å². The van der Waals surface area contributed by atoms with E-state index in [0.29, 0.717) is 16.4 Å². The van der Waals surface area contributed by atoms with Crippen LogP contribution in [0.15, 0.2) is 46.1 Å². The number of carbonyl (C=O) groups excluding carboxylic acids is 3. The number of hydrogen-bond acceptors (Lipinski definition) is 9. The number of carbonyl (C=O) groups is 3. The molecule has 1 fully saturated rings. The fourth-order valence-corrected chi connectivity index (χ4v) is 5.65. The first-order chi connectivity index (χ1) is 15.4. The molecule has 0 aliphatic carbocycles. The van der Waals surface area contributed by atoms with Gasteiger partial charge < -0.3 is 10.1 Å². The van der Waals surface area contributed by atoms with Gasteiger partial charge in [-0.05, 0) is 36.1 Å². The van der Waals surface area contributed by atoms with E-state index in [1.165, 1.54) is 28.0 Å². The molecule has 0 spiro atoms. The Morgan fingerprint density at radius 2 is 2.03 bits per heavy atom. The highest BCUT2D eigenvalue weighted by Crippen LogP contribution is 2.31. The van der Waals surface area contributed by atoms with E-state index in [4.69, 9.17) is 4.74 Å². The van der Waals surface area contributed by atoms with Crippen molar-refractivity contribution in [3.63, 3.8) is 0 Å². The van der Waals surface area contributed by atoms with Crippen molar-refractivity contribution < 1.29 is 19.1 Å². The average molecular weight is 490 g/mol. The normalized spacial score (nSPS) is 18.0. The summed E-state index contributed by atoms with van der Waals surface area (Å²) in [5.41, 5.74) is -0.672. The number of methoxy groups -OCH3 is 1. The predicted molar refractivity (Wildman–Crippen MR) is 123 cm³/mol. The number of thioether (sulfide) groups is 1. The standard InChI is InChI=1S/C20H19N5O4S3/c1-20(12-5-7-13(29-2)8-6-12)16(27)25(18(28)22-20)10-15(26)21-17-23-24-19(32-17)31-11-14-4-3-9-30-14/h3-9H,10-11H2,1-2H3,(H,22,28)(H,21,23,26). The van der Waals surface area contributed by atoms with Crippen LogP contribution in [0.4, 0.5) is 9.93 Å². The van der Waals surface area contributed by atoms with Gasteiger partial charge in [-0.2, -0.15) is 0 Å². The van der Waals surface area contributed by atoms with Crippen LogP contribution in [0.3, 0.4) is 0 Å². The van der Waals surface area contributed by atoms with Gasteiger partial charge in [0.05, 0.1) is 7.11 Å². The van der Waals surface area contributed by atoms with E-state index in [0.717, 1.165) is 15.0 Å². The molecule has 166 valence electrons. The van der Waals surface area contributed by atoms with Gasteiger partial charge in [0, 0.05) is 10.6 Å². The van der Waals surface area contributed by atoms with Crippen LogP contribution in [0.5, 0.6) is 5.75 Å². The first kappa shape index (κ1) is 22.2. The van der Waals surface area contributed by atoms with E-state index in [1.54, 1.807) is 49.6 Å². The van der Waals surface area contributed by atoms with Gasteiger partial charge in [-0.3, -0.25) is 19.8 Å². The highest BCUT2D eigenvalue weighted by atomic mass is 32.2. The first-order valence-corrected chi connectivity index (χ1v) is 12.1. The van der Waals surface area contributed by atoms with Crippen molar-refractivity contribution in [2.45, 2.75) is 22.6 Å². The van der Waals surface area contributed by atoms with Crippen LogP contribution in [-0.2, 0) is 20.9 Å². The summed E-state index contributed by atoms with van der Waals surface area (Å²) in [6.45, 7) is 1.18. The van der Waals surface area contributed by atoms with Crippen molar-refractivity contribution in [2.75, 3.05) is 19.0 Å². The Bertz CT molecular complexity index is 1130. The average Bonchev–Trinajstić information content (AvgIpc) is 3.51. The second kappa shape index (κ2) is 9.27. The second-order valence-corrected chi connectivity index (χ2v) is 10.2. The summed E-state index contributed by atoms with van der Waals surface area (Å²) in [4.78, 5) is 40.0. The Labute approximate surface area is 196 Å². The lowest BCUT2D eigenvalue weighted by atomic mass is 9.92. The number of nitrogens with zero attached hydrogens (tertiary/aromatic N) is 3. The van der Waals surface area contributed by atoms with Gasteiger partial charge in [0.2, 0.25) is 11.0 Å². The van der Waals surface area contributed by atoms with Crippen LogP contribution < -0.4 is 15.4 Å². The Hall–Kier alpha value is -2.96. The van der Waals surface area contributed by atoms with Crippen LogP contribution in [0, 0.1) is 0 Å². The molecule has 1 saturated heterocycles. The van der Waals surface area contributed by atoms with Gasteiger partial charge in [-0.25, -0.2) is 4.79 Å². The molecule has 2 N–H and O–H groups in total. The molecule has 9 nitrogen and oxygen atoms in total. The molecule has 4 rings (SSSR count). The molecule has 1 aliphatic rings. The highest BCUT2D eigenvalue weighted by molar-refractivity contribution is 8.00. The minimum atomic E-state index is -1.27. The fraction of sp³-hybridized carbons (Fsp3) is 0.250. The van der Waals surface area contributed by atoms with Crippen LogP contribution in [0.2, 0.25) is 0 Å². The topological polar surface area (TPSA) is 114 Å². The molecule has 0 saturated carbocycles. The van der Waals surface area contributed by atoms with Gasteiger partial charge in [0.1, 0.15) is 17.8 Å². The number of benzene rings is 1. The minimum Gasteiger partial charge on any atom is -0.497 e. The third-order valence-electron chi connectivity index (χ3n) is 4.81. The summed E-state index contributed by atoms with van der Waals surface area (Å²) in [7, 11) is 1.54. The minimum absolute atomic E-state index is 0.314. The molecule has 0 bridgehead atoms. The highest BCUT2D eigenvalue weighted by Gasteiger charge is 2.49. The number of nitrogens with one attached hydrogen (secondary N) is 2. The Kier molecular flexibility index (Phi) is 6.44. The maximum absolute atomic E-state index is 13.0. The SMILES string of the molecule is COc1ccc(C2(C)NC(=O)N(CC(=O)Nc3nnc(SCc4cccs4)s3)C2=O)cc1. The lowest BCUT2D eigenvalue weighted by Gasteiger charge is -2.22. The van der Waals surface area contributed by atoms with Crippen molar-refractivity contribution in [3.05, 3.63) is 52.2 Å². The van der Waals surface area contributed by atoms with E-state index in [9.17, 15) is 14.4 Å². The third kappa shape index (κ3) is 4.61. The third-order valence-corrected chi connectivity index (χ3v) is 7.89. The molecule has 3 aromatic rings. The molecule has 12 heteroatoms. The van der Waals surface area contributed by atoms with Gasteiger partial charge in [0.25, 0.3) is 5.91 Å². The summed E-state index contributed by atoms with van der Waals surface area (Å²) >= 11 is 4.43. The summed E-state index contributed by atoms with van der Waals surface area (Å²) in [6, 6.07) is 10.2. The van der Waals surface area contributed by atoms with Gasteiger partial charge in [0.15, 0.2) is 4.34 Å². The molecule has 1 aliphatic heterocycles. The van der Waals surface area contributed by atoms with Crippen molar-refractivity contribution in [2.24, 2.45) is 0 Å². The Morgan fingerprint density at radius 1 is 1.25 bits per heavy atom. The Balaban J connectivity index is 1.36. The summed E-state index contributed by atoms with van der Waals surface area (Å²) in [5, 5.41) is 15.6. The number of aromatic nitrogens is 2. The smallest absolute Gasteiger partial charge is 0.325 e. The van der Waals surface area contributed by atoms with Crippen molar-refractivity contribution in [3.8, 4) is 5.75 Å². The van der Waals surface area contributed by atoms with Crippen LogP contribution >= 0.6 is 34.4 Å². The molecular weight excluding hydrogens is 470 g/mol. The van der Waals surface area contributed by atoms with Gasteiger partial charge in [-0.1, -0.05) is 41.3 Å². The zero-order valence-corrected chi connectivity index (χ0v) is 19.6. The zero-order chi connectivity index (χ0) is 22.7. The van der Waals surface area contributed by atoms with Crippen LogP contribution in [-0.4, -0.2) is 46.6 Å². The first-order valence-electron chi connectivity index (χ1n) is 9.46. The van der Waals surface area contributed by atoms with Crippen LogP contribution in [0.25, 0.3) is 0 Å².